The first-order chi connectivity index (χ1) is 8.46. The lowest BCUT2D eigenvalue weighted by Crippen LogP contribution is -2.40. The first-order valence-corrected chi connectivity index (χ1v) is 8.46. The van der Waals surface area contributed by atoms with Crippen molar-refractivity contribution in [3.63, 3.8) is 0 Å². The summed E-state index contributed by atoms with van der Waals surface area (Å²) in [5.74, 6) is 0. The number of aryl methyl sites for hydroxylation is 2. The number of hydrogen-bond acceptors (Lipinski definition) is 4. The predicted octanol–water partition coefficient (Wildman–Crippen LogP) is 1.74. The molecular weight excluding hydrogens is 268 g/mol. The third kappa shape index (κ3) is 2.47. The molecule has 1 aromatic rings. The Balaban J connectivity index is 2.33. The minimum Gasteiger partial charge on any atom is -0.318 e. The minimum atomic E-state index is -3.32. The van der Waals surface area contributed by atoms with Crippen LogP contribution in [0, 0.1) is 13.8 Å². The second-order valence-corrected chi connectivity index (χ2v) is 8.07. The third-order valence-corrected chi connectivity index (χ3v) is 6.52. The van der Waals surface area contributed by atoms with E-state index in [0.29, 0.717) is 11.4 Å². The van der Waals surface area contributed by atoms with Crippen molar-refractivity contribution in [3.05, 3.63) is 15.8 Å². The molecule has 0 aromatic carbocycles. The van der Waals surface area contributed by atoms with Crippen LogP contribution in [0.1, 0.15) is 22.6 Å². The van der Waals surface area contributed by atoms with E-state index in [1.165, 1.54) is 0 Å². The van der Waals surface area contributed by atoms with Crippen LogP contribution in [0.15, 0.2) is 11.0 Å². The van der Waals surface area contributed by atoms with Crippen LogP contribution in [0.2, 0.25) is 0 Å². The molecule has 0 amide bonds. The highest BCUT2D eigenvalue weighted by atomic mass is 32.2. The summed E-state index contributed by atoms with van der Waals surface area (Å²) in [7, 11) is -1.45. The van der Waals surface area contributed by atoms with E-state index in [1.54, 1.807) is 21.7 Å². The van der Waals surface area contributed by atoms with E-state index in [2.05, 4.69) is 5.32 Å². The molecule has 1 aliphatic rings. The number of rotatable bonds is 4. The summed E-state index contributed by atoms with van der Waals surface area (Å²) < 4.78 is 27.0. The second-order valence-electron chi connectivity index (χ2n) is 4.75. The first kappa shape index (κ1) is 14.0. The SMILES string of the molecule is CNC[C@H]1CCCN1S(=O)(=O)c1cc(C)sc1C. The molecule has 1 aromatic heterocycles. The van der Waals surface area contributed by atoms with Gasteiger partial charge in [-0.25, -0.2) is 8.42 Å². The molecule has 0 unspecified atom stereocenters. The topological polar surface area (TPSA) is 49.4 Å². The second kappa shape index (κ2) is 5.28. The van der Waals surface area contributed by atoms with Gasteiger partial charge in [-0.3, -0.25) is 0 Å². The molecule has 0 bridgehead atoms. The maximum absolute atomic E-state index is 12.7. The van der Waals surface area contributed by atoms with Gasteiger partial charge in [0.15, 0.2) is 0 Å². The molecule has 1 fully saturated rings. The van der Waals surface area contributed by atoms with Crippen LogP contribution in [0.3, 0.4) is 0 Å². The molecule has 4 nitrogen and oxygen atoms in total. The summed E-state index contributed by atoms with van der Waals surface area (Å²) in [6.07, 6.45) is 1.90. The largest absolute Gasteiger partial charge is 0.318 e. The van der Waals surface area contributed by atoms with Crippen LogP contribution in [-0.2, 0) is 10.0 Å². The van der Waals surface area contributed by atoms with Gasteiger partial charge >= 0.3 is 0 Å². The molecule has 0 saturated carbocycles. The molecule has 1 atom stereocenters. The summed E-state index contributed by atoms with van der Waals surface area (Å²) in [5.41, 5.74) is 0. The number of likely N-dealkylation sites (N-methyl/N-ethyl adjacent to an activating group) is 1. The first-order valence-electron chi connectivity index (χ1n) is 6.20. The van der Waals surface area contributed by atoms with E-state index < -0.39 is 10.0 Å². The highest BCUT2D eigenvalue weighted by Crippen LogP contribution is 2.31. The van der Waals surface area contributed by atoms with E-state index in [1.807, 2.05) is 20.9 Å². The van der Waals surface area contributed by atoms with Gasteiger partial charge in [0, 0.05) is 28.9 Å². The Morgan fingerprint density at radius 2 is 2.22 bits per heavy atom. The molecule has 0 aliphatic carbocycles. The monoisotopic (exact) mass is 288 g/mol. The maximum Gasteiger partial charge on any atom is 0.244 e. The van der Waals surface area contributed by atoms with Crippen LogP contribution < -0.4 is 5.32 Å². The van der Waals surface area contributed by atoms with Crippen LogP contribution in [0.5, 0.6) is 0 Å². The predicted molar refractivity (Wildman–Crippen MR) is 74.6 cm³/mol. The van der Waals surface area contributed by atoms with Gasteiger partial charge < -0.3 is 5.32 Å². The zero-order valence-electron chi connectivity index (χ0n) is 11.1. The molecule has 6 heteroatoms. The summed E-state index contributed by atoms with van der Waals surface area (Å²) in [4.78, 5) is 2.44. The number of hydrogen-bond donors (Lipinski definition) is 1. The van der Waals surface area contributed by atoms with Crippen LogP contribution in [0.4, 0.5) is 0 Å². The molecule has 2 heterocycles. The van der Waals surface area contributed by atoms with E-state index in [0.717, 1.165) is 29.1 Å². The average molecular weight is 288 g/mol. The van der Waals surface area contributed by atoms with E-state index in [9.17, 15) is 8.42 Å². The Bertz CT molecular complexity index is 522. The maximum atomic E-state index is 12.7. The quantitative estimate of drug-likeness (QED) is 0.918. The molecular formula is C12H20N2O2S2. The Morgan fingerprint density at radius 1 is 1.50 bits per heavy atom. The van der Waals surface area contributed by atoms with Gasteiger partial charge in [-0.2, -0.15) is 4.31 Å². The number of nitrogens with one attached hydrogen (secondary N) is 1. The summed E-state index contributed by atoms with van der Waals surface area (Å²) >= 11 is 1.55. The smallest absolute Gasteiger partial charge is 0.244 e. The van der Waals surface area contributed by atoms with Crippen molar-refractivity contribution >= 4 is 21.4 Å². The zero-order valence-corrected chi connectivity index (χ0v) is 12.7. The van der Waals surface area contributed by atoms with Crippen molar-refractivity contribution in [2.45, 2.75) is 37.6 Å². The Labute approximate surface area is 113 Å². The Kier molecular flexibility index (Phi) is 4.11. The van der Waals surface area contributed by atoms with Gasteiger partial charge in [-0.05, 0) is 39.8 Å². The summed E-state index contributed by atoms with van der Waals surface area (Å²) in [6.45, 7) is 5.20. The third-order valence-electron chi connectivity index (χ3n) is 3.34. The Morgan fingerprint density at radius 3 is 2.78 bits per heavy atom. The highest BCUT2D eigenvalue weighted by molar-refractivity contribution is 7.89. The van der Waals surface area contributed by atoms with E-state index in [4.69, 9.17) is 0 Å². The zero-order chi connectivity index (χ0) is 13.3. The molecule has 1 saturated heterocycles. The lowest BCUT2D eigenvalue weighted by molar-refractivity contribution is 0.379. The molecule has 102 valence electrons. The normalized spacial score (nSPS) is 21.6. The molecule has 1 N–H and O–H groups in total. The van der Waals surface area contributed by atoms with Crippen molar-refractivity contribution in [1.82, 2.24) is 9.62 Å². The average Bonchev–Trinajstić information content (AvgIpc) is 2.86. The van der Waals surface area contributed by atoms with Crippen molar-refractivity contribution in [1.29, 1.82) is 0 Å². The van der Waals surface area contributed by atoms with Crippen molar-refractivity contribution in [3.8, 4) is 0 Å². The van der Waals surface area contributed by atoms with Gasteiger partial charge in [0.2, 0.25) is 10.0 Å². The molecule has 1 aliphatic heterocycles. The van der Waals surface area contributed by atoms with E-state index in [-0.39, 0.29) is 6.04 Å². The van der Waals surface area contributed by atoms with Gasteiger partial charge in [0.05, 0.1) is 4.90 Å². The van der Waals surface area contributed by atoms with Gasteiger partial charge in [-0.1, -0.05) is 0 Å². The van der Waals surface area contributed by atoms with Crippen LogP contribution in [-0.4, -0.2) is 38.9 Å². The van der Waals surface area contributed by atoms with Crippen molar-refractivity contribution < 1.29 is 8.42 Å². The number of nitrogens with zero attached hydrogens (tertiary/aromatic N) is 1. The molecule has 0 radical (unpaired) electrons. The molecule has 2 rings (SSSR count). The van der Waals surface area contributed by atoms with Gasteiger partial charge in [0.1, 0.15) is 0 Å². The lowest BCUT2D eigenvalue weighted by atomic mass is 10.2. The fourth-order valence-corrected chi connectivity index (χ4v) is 5.77. The number of sulfonamides is 1. The molecule has 0 spiro atoms. The van der Waals surface area contributed by atoms with Gasteiger partial charge in [0.25, 0.3) is 0 Å². The summed E-state index contributed by atoms with van der Waals surface area (Å²) in [6, 6.07) is 1.89. The minimum absolute atomic E-state index is 0.0969. The highest BCUT2D eigenvalue weighted by Gasteiger charge is 2.36. The van der Waals surface area contributed by atoms with Crippen molar-refractivity contribution in [2.24, 2.45) is 0 Å². The fraction of sp³-hybridized carbons (Fsp3) is 0.667. The van der Waals surface area contributed by atoms with Crippen molar-refractivity contribution in [2.75, 3.05) is 20.1 Å². The van der Waals surface area contributed by atoms with Gasteiger partial charge in [-0.15, -0.1) is 11.3 Å². The van der Waals surface area contributed by atoms with Crippen LogP contribution in [0.25, 0.3) is 0 Å². The van der Waals surface area contributed by atoms with E-state index >= 15 is 0 Å². The molecule has 18 heavy (non-hydrogen) atoms. The number of thiophene rings is 1. The fourth-order valence-electron chi connectivity index (χ4n) is 2.56. The van der Waals surface area contributed by atoms with Crippen LogP contribution >= 0.6 is 11.3 Å². The standard InChI is InChI=1S/C12H20N2O2S2/c1-9-7-12(10(2)17-9)18(15,16)14-6-4-5-11(14)8-13-3/h7,11,13H,4-6,8H2,1-3H3/t11-/m1/s1. The lowest BCUT2D eigenvalue weighted by Gasteiger charge is -2.23. The Hall–Kier alpha value is -0.430. The summed E-state index contributed by atoms with van der Waals surface area (Å²) in [5, 5.41) is 3.08.